The number of fused-ring (bicyclic) bond motifs is 4. The zero-order chi connectivity index (χ0) is 16.4. The topological polar surface area (TPSA) is 73.2 Å². The van der Waals surface area contributed by atoms with Crippen LogP contribution in [0.25, 0.3) is 0 Å². The molecule has 2 bridgehead atoms. The van der Waals surface area contributed by atoms with Gasteiger partial charge in [0, 0.05) is 19.3 Å². The van der Waals surface area contributed by atoms with Crippen LogP contribution in [-0.2, 0) is 0 Å². The molecular formula is C15H17ClN6O. The van der Waals surface area contributed by atoms with E-state index in [0.717, 1.165) is 25.2 Å². The largest absolute Gasteiger partial charge is 0.366 e. The molecule has 1 N–H and O–H groups in total. The van der Waals surface area contributed by atoms with Crippen LogP contribution in [-0.4, -0.2) is 43.1 Å². The van der Waals surface area contributed by atoms with Gasteiger partial charge >= 0.3 is 6.03 Å². The molecule has 0 unspecified atom stereocenters. The van der Waals surface area contributed by atoms with Crippen LogP contribution in [0.1, 0.15) is 13.3 Å². The van der Waals surface area contributed by atoms with Crippen molar-refractivity contribution >= 4 is 42.1 Å². The lowest BCUT2D eigenvalue weighted by molar-refractivity contribution is 0.246. The number of aliphatic imine (C=N–C) groups is 2. The third kappa shape index (κ3) is 2.92. The number of urea groups is 1. The highest BCUT2D eigenvalue weighted by Gasteiger charge is 2.40. The predicted octanol–water partition coefficient (Wildman–Crippen LogP) is 2.43. The van der Waals surface area contributed by atoms with E-state index < -0.39 is 0 Å². The summed E-state index contributed by atoms with van der Waals surface area (Å²) in [6, 6.07) is 3.41. The minimum Gasteiger partial charge on any atom is -0.366 e. The van der Waals surface area contributed by atoms with E-state index >= 15 is 0 Å². The minimum atomic E-state index is -0.298. The lowest BCUT2D eigenvalue weighted by atomic mass is 10.2. The summed E-state index contributed by atoms with van der Waals surface area (Å²) in [6.07, 6.45) is 3.86. The Bertz CT molecular complexity index is 701. The van der Waals surface area contributed by atoms with Crippen molar-refractivity contribution in [2.45, 2.75) is 19.4 Å². The number of aromatic nitrogens is 1. The van der Waals surface area contributed by atoms with Crippen LogP contribution in [0.2, 0.25) is 5.15 Å². The predicted molar refractivity (Wildman–Crippen MR) is 92.7 cm³/mol. The first kappa shape index (κ1) is 15.5. The van der Waals surface area contributed by atoms with Gasteiger partial charge in [-0.25, -0.2) is 14.8 Å². The fraction of sp³-hybridized carbons (Fsp3) is 0.333. The lowest BCUT2D eigenvalue weighted by Gasteiger charge is -2.35. The van der Waals surface area contributed by atoms with E-state index in [1.54, 1.807) is 24.1 Å². The number of pyridine rings is 1. The second kappa shape index (κ2) is 6.37. The molecule has 2 aliphatic heterocycles. The van der Waals surface area contributed by atoms with E-state index in [1.807, 2.05) is 6.07 Å². The van der Waals surface area contributed by atoms with E-state index in [1.165, 1.54) is 6.20 Å². The van der Waals surface area contributed by atoms with Gasteiger partial charge in [-0.3, -0.25) is 15.2 Å². The number of hydrogen-bond acceptors (Lipinski definition) is 5. The molecule has 23 heavy (non-hydrogen) atoms. The summed E-state index contributed by atoms with van der Waals surface area (Å²) in [5.41, 5.74) is 0.921. The second-order valence-electron chi connectivity index (χ2n) is 5.25. The van der Waals surface area contributed by atoms with Crippen molar-refractivity contribution in [3.63, 3.8) is 0 Å². The SMILES string of the molecule is C=N/C=C(\N=C/C)NC(=O)N1c2nc(Cl)ccc2N2CC[C@H]1C2. The number of amides is 2. The molecule has 1 fully saturated rings. The zero-order valence-electron chi connectivity index (χ0n) is 12.7. The number of halogens is 1. The molecule has 1 aromatic rings. The van der Waals surface area contributed by atoms with Crippen LogP contribution in [0.3, 0.4) is 0 Å². The molecule has 0 aromatic carbocycles. The Morgan fingerprint density at radius 1 is 1.57 bits per heavy atom. The van der Waals surface area contributed by atoms with Crippen LogP contribution >= 0.6 is 11.6 Å². The van der Waals surface area contributed by atoms with Gasteiger partial charge in [0.25, 0.3) is 0 Å². The maximum atomic E-state index is 12.8. The lowest BCUT2D eigenvalue weighted by Crippen LogP contribution is -2.50. The molecule has 1 atom stereocenters. The summed E-state index contributed by atoms with van der Waals surface area (Å²) >= 11 is 6.02. The van der Waals surface area contributed by atoms with Crippen molar-refractivity contribution in [2.24, 2.45) is 9.98 Å². The van der Waals surface area contributed by atoms with Gasteiger partial charge in [-0.05, 0) is 32.2 Å². The van der Waals surface area contributed by atoms with Crippen LogP contribution < -0.4 is 15.1 Å². The molecule has 1 aromatic heterocycles. The fourth-order valence-corrected chi connectivity index (χ4v) is 3.08. The van der Waals surface area contributed by atoms with Crippen LogP contribution in [0.15, 0.2) is 34.1 Å². The van der Waals surface area contributed by atoms with E-state index in [9.17, 15) is 4.79 Å². The average Bonchev–Trinajstić information content (AvgIpc) is 2.92. The van der Waals surface area contributed by atoms with Gasteiger partial charge in [0.05, 0.1) is 17.9 Å². The molecule has 8 heteroatoms. The van der Waals surface area contributed by atoms with Gasteiger partial charge in [-0.2, -0.15) is 0 Å². The Kier molecular flexibility index (Phi) is 4.29. The van der Waals surface area contributed by atoms with E-state index in [4.69, 9.17) is 11.6 Å². The van der Waals surface area contributed by atoms with Gasteiger partial charge < -0.3 is 4.90 Å². The van der Waals surface area contributed by atoms with Crippen molar-refractivity contribution in [1.82, 2.24) is 10.3 Å². The molecule has 0 aliphatic carbocycles. The first-order valence-corrected chi connectivity index (χ1v) is 7.68. The van der Waals surface area contributed by atoms with Crippen molar-refractivity contribution in [3.05, 3.63) is 29.3 Å². The minimum absolute atomic E-state index is 0.0667. The monoisotopic (exact) mass is 332 g/mol. The highest BCUT2D eigenvalue weighted by Crippen LogP contribution is 2.39. The highest BCUT2D eigenvalue weighted by atomic mass is 35.5. The first-order valence-electron chi connectivity index (χ1n) is 7.30. The van der Waals surface area contributed by atoms with Crippen molar-refractivity contribution in [2.75, 3.05) is 22.9 Å². The van der Waals surface area contributed by atoms with Crippen molar-refractivity contribution < 1.29 is 4.79 Å². The molecule has 0 saturated carbocycles. The maximum Gasteiger partial charge on any atom is 0.329 e. The molecule has 7 nitrogen and oxygen atoms in total. The number of carbonyl (C=O) groups is 1. The van der Waals surface area contributed by atoms with E-state index in [2.05, 4.69) is 31.9 Å². The average molecular weight is 333 g/mol. The van der Waals surface area contributed by atoms with Crippen molar-refractivity contribution in [1.29, 1.82) is 0 Å². The summed E-state index contributed by atoms with van der Waals surface area (Å²) in [4.78, 5) is 28.7. The smallest absolute Gasteiger partial charge is 0.329 e. The number of nitrogens with one attached hydrogen (secondary N) is 1. The van der Waals surface area contributed by atoms with E-state index in [0.29, 0.717) is 16.8 Å². The first-order chi connectivity index (χ1) is 11.1. The number of nitrogens with zero attached hydrogens (tertiary/aromatic N) is 5. The molecule has 2 amide bonds. The molecule has 1 saturated heterocycles. The number of rotatable bonds is 3. The Balaban J connectivity index is 1.93. The Labute approximate surface area is 139 Å². The third-order valence-electron chi connectivity index (χ3n) is 3.85. The summed E-state index contributed by atoms with van der Waals surface area (Å²) in [6.45, 7) is 6.83. The molecule has 3 rings (SSSR count). The quantitative estimate of drug-likeness (QED) is 0.682. The Morgan fingerprint density at radius 3 is 3.13 bits per heavy atom. The van der Waals surface area contributed by atoms with Crippen LogP contribution in [0, 0.1) is 0 Å². The standard InChI is InChI=1S/C15H17ClN6O/c1-3-18-13(8-17-2)20-15(23)22-10-6-7-21(9-10)11-4-5-12(16)19-14(11)22/h3-5,8,10H,2,6-7,9H2,1H3,(H,20,23)/b13-8+,18-3-/t10-/m0/s1. The fourth-order valence-electron chi connectivity index (χ4n) is 2.94. The van der Waals surface area contributed by atoms with Gasteiger partial charge in [-0.15, -0.1) is 0 Å². The zero-order valence-corrected chi connectivity index (χ0v) is 13.5. The summed E-state index contributed by atoms with van der Waals surface area (Å²) in [5.74, 6) is 0.909. The molecular weight excluding hydrogens is 316 g/mol. The summed E-state index contributed by atoms with van der Waals surface area (Å²) < 4.78 is 0. The van der Waals surface area contributed by atoms with Crippen LogP contribution in [0.4, 0.5) is 16.3 Å². The molecule has 0 spiro atoms. The summed E-state index contributed by atoms with van der Waals surface area (Å²) in [5, 5.41) is 3.11. The maximum absolute atomic E-state index is 12.8. The number of hydrogen-bond donors (Lipinski definition) is 1. The van der Waals surface area contributed by atoms with Gasteiger partial charge in [0.1, 0.15) is 5.15 Å². The van der Waals surface area contributed by atoms with Crippen molar-refractivity contribution in [3.8, 4) is 0 Å². The van der Waals surface area contributed by atoms with Gasteiger partial charge in [0.15, 0.2) is 11.6 Å². The summed E-state index contributed by atoms with van der Waals surface area (Å²) in [7, 11) is 0. The number of anilines is 2. The third-order valence-corrected chi connectivity index (χ3v) is 4.06. The second-order valence-corrected chi connectivity index (χ2v) is 5.64. The van der Waals surface area contributed by atoms with Crippen LogP contribution in [0.5, 0.6) is 0 Å². The van der Waals surface area contributed by atoms with Gasteiger partial charge in [0.2, 0.25) is 0 Å². The Hall–Kier alpha value is -2.41. The van der Waals surface area contributed by atoms with Gasteiger partial charge in [-0.1, -0.05) is 11.6 Å². The molecule has 0 radical (unpaired) electrons. The normalized spacial score (nSPS) is 19.9. The Morgan fingerprint density at radius 2 is 2.39 bits per heavy atom. The molecule has 3 heterocycles. The van der Waals surface area contributed by atoms with E-state index in [-0.39, 0.29) is 12.1 Å². The number of carbonyl (C=O) groups excluding carboxylic acids is 1. The molecule has 120 valence electrons. The highest BCUT2D eigenvalue weighted by molar-refractivity contribution is 6.29. The molecule has 2 aliphatic rings.